The predicted octanol–water partition coefficient (Wildman–Crippen LogP) is 2.94. The summed E-state index contributed by atoms with van der Waals surface area (Å²) in [6.07, 6.45) is -0.861. The first-order valence-electron chi connectivity index (χ1n) is 7.76. The highest BCUT2D eigenvalue weighted by Crippen LogP contribution is 2.38. The Balaban J connectivity index is 2.18. The van der Waals surface area contributed by atoms with Crippen LogP contribution in [0.25, 0.3) is 0 Å². The fraction of sp³-hybridized carbons (Fsp3) is 0.211. The van der Waals surface area contributed by atoms with E-state index >= 15 is 0 Å². The van der Waals surface area contributed by atoms with Gasteiger partial charge in [0.1, 0.15) is 5.71 Å². The number of hydrogen-bond donors (Lipinski definition) is 0. The monoisotopic (exact) mass is 373 g/mol. The van der Waals surface area contributed by atoms with Crippen LogP contribution in [0.5, 0.6) is 0 Å². The number of esters is 2. The maximum atomic E-state index is 12.6. The third-order valence-corrected chi connectivity index (χ3v) is 4.27. The Morgan fingerprint density at radius 2 is 1.58 bits per heavy atom. The molecule has 2 aromatic carbocycles. The van der Waals surface area contributed by atoms with Gasteiger partial charge in [0.15, 0.2) is 6.23 Å². The summed E-state index contributed by atoms with van der Waals surface area (Å²) < 4.78 is 15.5. The van der Waals surface area contributed by atoms with E-state index in [1.807, 2.05) is 18.2 Å². The molecular formula is C19H16ClNO5. The van der Waals surface area contributed by atoms with E-state index < -0.39 is 23.8 Å². The standard InChI is InChI=1S/C19H16ClNO5/c1-24-17(22)19(18(23)25-2)15(12-8-10-14(20)11-9-12)21-16(26-19)13-6-4-3-5-7-13/h3-11,16H,1-2H3. The number of aliphatic imine (C=N–C) groups is 1. The lowest BCUT2D eigenvalue weighted by atomic mass is 9.92. The molecule has 0 aliphatic carbocycles. The Bertz CT molecular complexity index is 832. The third kappa shape index (κ3) is 2.98. The van der Waals surface area contributed by atoms with Crippen LogP contribution in [0.2, 0.25) is 5.02 Å². The van der Waals surface area contributed by atoms with Crippen molar-refractivity contribution in [3.63, 3.8) is 0 Å². The van der Waals surface area contributed by atoms with Crippen molar-refractivity contribution < 1.29 is 23.8 Å². The molecule has 6 nitrogen and oxygen atoms in total. The second-order valence-corrected chi connectivity index (χ2v) is 5.97. The SMILES string of the molecule is COC(=O)C1(C(=O)OC)OC(c2ccccc2)N=C1c1ccc(Cl)cc1. The Labute approximate surface area is 155 Å². The summed E-state index contributed by atoms with van der Waals surface area (Å²) in [6, 6.07) is 15.6. The Morgan fingerprint density at radius 3 is 2.12 bits per heavy atom. The van der Waals surface area contributed by atoms with Crippen LogP contribution in [0.1, 0.15) is 17.4 Å². The first kappa shape index (κ1) is 18.1. The van der Waals surface area contributed by atoms with Crippen LogP contribution < -0.4 is 0 Å². The van der Waals surface area contributed by atoms with Crippen molar-refractivity contribution in [2.75, 3.05) is 14.2 Å². The number of ether oxygens (including phenoxy) is 3. The molecule has 1 heterocycles. The molecule has 0 bridgehead atoms. The molecule has 1 unspecified atom stereocenters. The third-order valence-electron chi connectivity index (χ3n) is 4.02. The quantitative estimate of drug-likeness (QED) is 0.608. The first-order chi connectivity index (χ1) is 12.5. The summed E-state index contributed by atoms with van der Waals surface area (Å²) in [5.74, 6) is -1.81. The summed E-state index contributed by atoms with van der Waals surface area (Å²) in [7, 11) is 2.34. The van der Waals surface area contributed by atoms with Gasteiger partial charge in [0.05, 0.1) is 14.2 Å². The molecule has 2 aromatic rings. The van der Waals surface area contributed by atoms with Crippen molar-refractivity contribution in [3.05, 3.63) is 70.7 Å². The predicted molar refractivity (Wildman–Crippen MR) is 95.0 cm³/mol. The Hall–Kier alpha value is -2.70. The van der Waals surface area contributed by atoms with Gasteiger partial charge in [-0.2, -0.15) is 0 Å². The molecule has 0 aromatic heterocycles. The minimum absolute atomic E-state index is 0.113. The van der Waals surface area contributed by atoms with E-state index in [0.29, 0.717) is 16.1 Å². The molecular weight excluding hydrogens is 358 g/mol. The summed E-state index contributed by atoms with van der Waals surface area (Å²) in [6.45, 7) is 0. The zero-order valence-corrected chi connectivity index (χ0v) is 14.9. The van der Waals surface area contributed by atoms with Gasteiger partial charge in [-0.25, -0.2) is 14.6 Å². The van der Waals surface area contributed by atoms with E-state index in [1.54, 1.807) is 36.4 Å². The van der Waals surface area contributed by atoms with Crippen LogP contribution >= 0.6 is 11.6 Å². The van der Waals surface area contributed by atoms with Crippen molar-refractivity contribution >= 4 is 29.3 Å². The first-order valence-corrected chi connectivity index (χ1v) is 8.14. The van der Waals surface area contributed by atoms with E-state index in [9.17, 15) is 9.59 Å². The molecule has 1 aliphatic rings. The highest BCUT2D eigenvalue weighted by atomic mass is 35.5. The molecule has 1 aliphatic heterocycles. The van der Waals surface area contributed by atoms with Gasteiger partial charge in [-0.15, -0.1) is 0 Å². The van der Waals surface area contributed by atoms with Crippen molar-refractivity contribution in [2.45, 2.75) is 11.8 Å². The number of rotatable bonds is 4. The number of carbonyl (C=O) groups is 2. The molecule has 0 spiro atoms. The molecule has 26 heavy (non-hydrogen) atoms. The van der Waals surface area contributed by atoms with Crippen LogP contribution in [0.3, 0.4) is 0 Å². The largest absolute Gasteiger partial charge is 0.466 e. The van der Waals surface area contributed by atoms with Gasteiger partial charge in [-0.3, -0.25) is 0 Å². The minimum atomic E-state index is -2.11. The molecule has 1 atom stereocenters. The number of methoxy groups -OCH3 is 2. The van der Waals surface area contributed by atoms with Gasteiger partial charge in [-0.1, -0.05) is 54.1 Å². The lowest BCUT2D eigenvalue weighted by Gasteiger charge is -2.25. The van der Waals surface area contributed by atoms with E-state index in [-0.39, 0.29) is 5.71 Å². The van der Waals surface area contributed by atoms with Crippen molar-refractivity contribution in [3.8, 4) is 0 Å². The second-order valence-electron chi connectivity index (χ2n) is 5.53. The summed E-state index contributed by atoms with van der Waals surface area (Å²) in [4.78, 5) is 29.7. The van der Waals surface area contributed by atoms with Gasteiger partial charge in [-0.05, 0) is 17.7 Å². The topological polar surface area (TPSA) is 74.2 Å². The van der Waals surface area contributed by atoms with Crippen molar-refractivity contribution in [1.82, 2.24) is 0 Å². The van der Waals surface area contributed by atoms with Gasteiger partial charge < -0.3 is 14.2 Å². The van der Waals surface area contributed by atoms with E-state index in [0.717, 1.165) is 0 Å². The number of halogens is 1. The summed E-state index contributed by atoms with van der Waals surface area (Å²) in [5.41, 5.74) is -0.809. The van der Waals surface area contributed by atoms with Crippen LogP contribution in [-0.4, -0.2) is 37.5 Å². The number of carbonyl (C=O) groups excluding carboxylic acids is 2. The van der Waals surface area contributed by atoms with Crippen LogP contribution in [0.4, 0.5) is 0 Å². The molecule has 0 fully saturated rings. The van der Waals surface area contributed by atoms with Gasteiger partial charge in [0.2, 0.25) is 0 Å². The molecule has 3 rings (SSSR count). The van der Waals surface area contributed by atoms with Gasteiger partial charge in [0, 0.05) is 10.6 Å². The molecule has 134 valence electrons. The normalized spacial score (nSPS) is 18.1. The zero-order valence-electron chi connectivity index (χ0n) is 14.1. The number of nitrogens with zero attached hydrogens (tertiary/aromatic N) is 1. The Morgan fingerprint density at radius 1 is 1.00 bits per heavy atom. The lowest BCUT2D eigenvalue weighted by Crippen LogP contribution is -2.54. The van der Waals surface area contributed by atoms with E-state index in [1.165, 1.54) is 14.2 Å². The highest BCUT2D eigenvalue weighted by Gasteiger charge is 2.60. The van der Waals surface area contributed by atoms with Gasteiger partial charge >= 0.3 is 17.5 Å². The van der Waals surface area contributed by atoms with E-state index in [2.05, 4.69) is 4.99 Å². The average Bonchev–Trinajstić information content (AvgIpc) is 3.10. The number of benzene rings is 2. The molecule has 0 amide bonds. The van der Waals surface area contributed by atoms with Crippen LogP contribution in [0, 0.1) is 0 Å². The fourth-order valence-corrected chi connectivity index (χ4v) is 2.89. The summed E-state index contributed by atoms with van der Waals surface area (Å²) in [5, 5.41) is 0.509. The van der Waals surface area contributed by atoms with Crippen LogP contribution in [-0.2, 0) is 23.8 Å². The lowest BCUT2D eigenvalue weighted by molar-refractivity contribution is -0.180. The number of hydrogen-bond acceptors (Lipinski definition) is 6. The van der Waals surface area contributed by atoms with E-state index in [4.69, 9.17) is 25.8 Å². The fourth-order valence-electron chi connectivity index (χ4n) is 2.76. The molecule has 0 saturated carbocycles. The maximum Gasteiger partial charge on any atom is 0.356 e. The average molecular weight is 374 g/mol. The maximum absolute atomic E-state index is 12.6. The second kappa shape index (κ2) is 7.27. The zero-order chi connectivity index (χ0) is 18.7. The molecule has 0 radical (unpaired) electrons. The summed E-state index contributed by atoms with van der Waals surface area (Å²) >= 11 is 5.94. The smallest absolute Gasteiger partial charge is 0.356 e. The van der Waals surface area contributed by atoms with Gasteiger partial charge in [0.25, 0.3) is 0 Å². The molecule has 0 saturated heterocycles. The highest BCUT2D eigenvalue weighted by molar-refractivity contribution is 6.33. The molecule has 0 N–H and O–H groups in total. The van der Waals surface area contributed by atoms with Crippen molar-refractivity contribution in [1.29, 1.82) is 0 Å². The van der Waals surface area contributed by atoms with Crippen LogP contribution in [0.15, 0.2) is 59.6 Å². The Kier molecular flexibility index (Phi) is 5.06. The minimum Gasteiger partial charge on any atom is -0.466 e. The van der Waals surface area contributed by atoms with Crippen molar-refractivity contribution in [2.24, 2.45) is 4.99 Å². The molecule has 7 heteroatoms.